The Kier molecular flexibility index (Phi) is 9.45. The van der Waals surface area contributed by atoms with Crippen LogP contribution in [0.3, 0.4) is 0 Å². The molecule has 0 spiro atoms. The molecule has 0 aromatic heterocycles. The van der Waals surface area contributed by atoms with Crippen molar-refractivity contribution in [3.8, 4) is 0 Å². The smallest absolute Gasteiger partial charge is 0.227 e. The van der Waals surface area contributed by atoms with Crippen molar-refractivity contribution in [1.82, 2.24) is 10.2 Å². The van der Waals surface area contributed by atoms with Gasteiger partial charge in [0.05, 0.1) is 0 Å². The van der Waals surface area contributed by atoms with Crippen molar-refractivity contribution in [2.45, 2.75) is 13.5 Å². The Morgan fingerprint density at radius 1 is 1.29 bits per heavy atom. The molecule has 4 nitrogen and oxygen atoms in total. The van der Waals surface area contributed by atoms with Gasteiger partial charge in [0, 0.05) is 42.7 Å². The van der Waals surface area contributed by atoms with E-state index in [0.29, 0.717) is 5.92 Å². The van der Waals surface area contributed by atoms with Gasteiger partial charge in [0.1, 0.15) is 0 Å². The van der Waals surface area contributed by atoms with Crippen LogP contribution in [0.4, 0.5) is 5.69 Å². The van der Waals surface area contributed by atoms with Crippen LogP contribution in [0.2, 0.25) is 0 Å². The minimum atomic E-state index is 0. The minimum Gasteiger partial charge on any atom is -0.326 e. The Labute approximate surface area is 161 Å². The summed E-state index contributed by atoms with van der Waals surface area (Å²) in [6.45, 7) is 7.15. The first kappa shape index (κ1) is 21.6. The molecule has 24 heavy (non-hydrogen) atoms. The maximum absolute atomic E-state index is 12.4. The summed E-state index contributed by atoms with van der Waals surface area (Å²) < 4.78 is 0. The van der Waals surface area contributed by atoms with Crippen molar-refractivity contribution in [1.29, 1.82) is 0 Å². The zero-order chi connectivity index (χ0) is 15.4. The number of carbonyl (C=O) groups excluding carboxylic acids is 1. The van der Waals surface area contributed by atoms with Gasteiger partial charge >= 0.3 is 0 Å². The molecule has 0 bridgehead atoms. The molecule has 0 radical (unpaired) electrons. The molecule has 3 rings (SSSR count). The number of thioether (sulfide) groups is 1. The lowest BCUT2D eigenvalue weighted by Gasteiger charge is -2.32. The second-order valence-corrected chi connectivity index (χ2v) is 7.47. The lowest BCUT2D eigenvalue weighted by molar-refractivity contribution is -0.121. The molecule has 2 heterocycles. The summed E-state index contributed by atoms with van der Waals surface area (Å²) >= 11 is 2.02. The van der Waals surface area contributed by atoms with Crippen LogP contribution in [0, 0.1) is 11.8 Å². The van der Waals surface area contributed by atoms with Gasteiger partial charge in [0.2, 0.25) is 5.91 Å². The molecule has 2 saturated heterocycles. The van der Waals surface area contributed by atoms with E-state index in [2.05, 4.69) is 27.7 Å². The molecule has 2 aliphatic rings. The van der Waals surface area contributed by atoms with Gasteiger partial charge < -0.3 is 10.6 Å². The largest absolute Gasteiger partial charge is 0.326 e. The molecule has 2 aliphatic heterocycles. The fraction of sp³-hybridized carbons (Fsp3) is 0.588. The topological polar surface area (TPSA) is 44.4 Å². The molecule has 1 amide bonds. The zero-order valence-electron chi connectivity index (χ0n) is 14.0. The van der Waals surface area contributed by atoms with E-state index >= 15 is 0 Å². The Hall–Kier alpha value is -0.460. The van der Waals surface area contributed by atoms with Crippen LogP contribution in [-0.4, -0.2) is 48.5 Å². The van der Waals surface area contributed by atoms with Crippen molar-refractivity contribution < 1.29 is 4.79 Å². The number of nitrogens with one attached hydrogen (secondary N) is 2. The van der Waals surface area contributed by atoms with Crippen LogP contribution in [0.5, 0.6) is 0 Å². The van der Waals surface area contributed by atoms with E-state index in [4.69, 9.17) is 0 Å². The van der Waals surface area contributed by atoms with Crippen LogP contribution < -0.4 is 10.6 Å². The third-order valence-corrected chi connectivity index (χ3v) is 5.65. The average Bonchev–Trinajstić information content (AvgIpc) is 2.48. The van der Waals surface area contributed by atoms with Crippen LogP contribution in [-0.2, 0) is 11.3 Å². The number of benzene rings is 1. The number of carbonyl (C=O) groups is 1. The lowest BCUT2D eigenvalue weighted by atomic mass is 9.88. The maximum Gasteiger partial charge on any atom is 0.227 e. The summed E-state index contributed by atoms with van der Waals surface area (Å²) in [7, 11) is 0. The van der Waals surface area contributed by atoms with E-state index in [1.807, 2.05) is 30.8 Å². The molecular weight excluding hydrogens is 365 g/mol. The van der Waals surface area contributed by atoms with E-state index in [-0.39, 0.29) is 36.6 Å². The number of hydrogen-bond acceptors (Lipinski definition) is 4. The van der Waals surface area contributed by atoms with Crippen molar-refractivity contribution in [3.63, 3.8) is 0 Å². The number of halogens is 2. The van der Waals surface area contributed by atoms with Crippen LogP contribution >= 0.6 is 36.6 Å². The highest BCUT2D eigenvalue weighted by atomic mass is 35.5. The Bertz CT molecular complexity index is 522. The number of amides is 1. The van der Waals surface area contributed by atoms with Crippen molar-refractivity contribution >= 4 is 48.2 Å². The number of nitrogens with zero attached hydrogens (tertiary/aromatic N) is 1. The molecular formula is C17H27Cl2N3OS. The molecule has 1 unspecified atom stereocenters. The van der Waals surface area contributed by atoms with E-state index in [0.717, 1.165) is 38.4 Å². The quantitative estimate of drug-likeness (QED) is 0.809. The molecule has 1 aromatic carbocycles. The first-order chi connectivity index (χ1) is 10.7. The highest BCUT2D eigenvalue weighted by Crippen LogP contribution is 2.22. The number of anilines is 1. The highest BCUT2D eigenvalue weighted by molar-refractivity contribution is 7.99. The van der Waals surface area contributed by atoms with E-state index in [9.17, 15) is 4.79 Å². The third-order valence-electron chi connectivity index (χ3n) is 4.71. The summed E-state index contributed by atoms with van der Waals surface area (Å²) in [6.07, 6.45) is 0. The highest BCUT2D eigenvalue weighted by Gasteiger charge is 2.29. The van der Waals surface area contributed by atoms with Crippen LogP contribution in [0.15, 0.2) is 24.3 Å². The number of rotatable bonds is 5. The van der Waals surface area contributed by atoms with E-state index < -0.39 is 0 Å². The summed E-state index contributed by atoms with van der Waals surface area (Å²) in [5, 5.41) is 6.39. The predicted octanol–water partition coefficient (Wildman–Crippen LogP) is 2.87. The monoisotopic (exact) mass is 391 g/mol. The van der Waals surface area contributed by atoms with Gasteiger partial charge in [-0.2, -0.15) is 11.8 Å². The number of hydrogen-bond donors (Lipinski definition) is 2. The van der Waals surface area contributed by atoms with Gasteiger partial charge in [-0.1, -0.05) is 25.1 Å². The Balaban J connectivity index is 0.00000144. The lowest BCUT2D eigenvalue weighted by Crippen LogP contribution is -2.48. The van der Waals surface area contributed by atoms with Gasteiger partial charge in [-0.05, 0) is 30.6 Å². The van der Waals surface area contributed by atoms with Crippen molar-refractivity contribution in [3.05, 3.63) is 29.8 Å². The molecule has 2 fully saturated rings. The van der Waals surface area contributed by atoms with Crippen LogP contribution in [0.25, 0.3) is 0 Å². The second kappa shape index (κ2) is 10.5. The Morgan fingerprint density at radius 2 is 1.96 bits per heavy atom. The standard InChI is InChI=1S/C17H25N3OS.2ClH/c1-13(15-10-18-11-15)17(21)19-16-5-3-2-4-14(16)12-20-6-8-22-9-7-20;;/h2-5,13,15,18H,6-12H2,1H3,(H,19,21);2*1H. The molecule has 2 N–H and O–H groups in total. The molecule has 1 atom stereocenters. The summed E-state index contributed by atoms with van der Waals surface area (Å²) in [5.41, 5.74) is 2.20. The second-order valence-electron chi connectivity index (χ2n) is 6.24. The summed E-state index contributed by atoms with van der Waals surface area (Å²) in [5.74, 6) is 3.11. The summed E-state index contributed by atoms with van der Waals surface area (Å²) in [6, 6.07) is 8.22. The van der Waals surface area contributed by atoms with Gasteiger partial charge in [-0.25, -0.2) is 0 Å². The van der Waals surface area contributed by atoms with E-state index in [1.165, 1.54) is 17.1 Å². The fourth-order valence-corrected chi connectivity index (χ4v) is 3.88. The van der Waals surface area contributed by atoms with Gasteiger partial charge in [-0.3, -0.25) is 9.69 Å². The maximum atomic E-state index is 12.4. The van der Waals surface area contributed by atoms with Gasteiger partial charge in [0.25, 0.3) is 0 Å². The fourth-order valence-electron chi connectivity index (χ4n) is 2.91. The minimum absolute atomic E-state index is 0. The molecule has 7 heteroatoms. The van der Waals surface area contributed by atoms with Crippen molar-refractivity contribution in [2.24, 2.45) is 11.8 Å². The average molecular weight is 392 g/mol. The molecule has 136 valence electrons. The van der Waals surface area contributed by atoms with Crippen molar-refractivity contribution in [2.75, 3.05) is 43.0 Å². The molecule has 0 aliphatic carbocycles. The van der Waals surface area contributed by atoms with E-state index in [1.54, 1.807) is 0 Å². The third kappa shape index (κ3) is 5.53. The predicted molar refractivity (Wildman–Crippen MR) is 108 cm³/mol. The van der Waals surface area contributed by atoms with Gasteiger partial charge in [0.15, 0.2) is 0 Å². The molecule has 1 aromatic rings. The SMILES string of the molecule is CC(C(=O)Nc1ccccc1CN1CCSCC1)C1CNC1.Cl.Cl. The normalized spacial score (nSPS) is 19.4. The summed E-state index contributed by atoms with van der Waals surface area (Å²) in [4.78, 5) is 14.9. The number of para-hydroxylation sites is 1. The Morgan fingerprint density at radius 3 is 2.58 bits per heavy atom. The zero-order valence-corrected chi connectivity index (χ0v) is 16.4. The first-order valence-corrected chi connectivity index (χ1v) is 9.29. The molecule has 0 saturated carbocycles. The van der Waals surface area contributed by atoms with Crippen LogP contribution in [0.1, 0.15) is 12.5 Å². The van der Waals surface area contributed by atoms with Gasteiger partial charge in [-0.15, -0.1) is 24.8 Å². The first-order valence-electron chi connectivity index (χ1n) is 8.13.